The average Bonchev–Trinajstić information content (AvgIpc) is 2.49. The van der Waals surface area contributed by atoms with Crippen molar-refractivity contribution in [2.24, 2.45) is 0 Å². The largest absolute Gasteiger partial charge is 0.493 e. The van der Waals surface area contributed by atoms with Crippen molar-refractivity contribution >= 4 is 5.97 Å². The van der Waals surface area contributed by atoms with E-state index in [9.17, 15) is 4.79 Å². The fourth-order valence-corrected chi connectivity index (χ4v) is 1.75. The Kier molecular flexibility index (Phi) is 4.95. The van der Waals surface area contributed by atoms with Crippen LogP contribution < -0.4 is 9.47 Å². The van der Waals surface area contributed by atoms with E-state index >= 15 is 0 Å². The van der Waals surface area contributed by atoms with Gasteiger partial charge in [0.15, 0.2) is 11.5 Å². The summed E-state index contributed by atoms with van der Waals surface area (Å²) in [5, 5.41) is 0. The van der Waals surface area contributed by atoms with Crippen LogP contribution in [0.5, 0.6) is 11.5 Å². The molecule has 0 aliphatic carbocycles. The molecule has 0 saturated heterocycles. The quantitative estimate of drug-likeness (QED) is 0.473. The van der Waals surface area contributed by atoms with Crippen LogP contribution in [0.25, 0.3) is 0 Å². The Morgan fingerprint density at radius 1 is 1.00 bits per heavy atom. The standard InChI is InChI=1S/C17H16O3/c1-19-15-11-5-6-12-16(15)20-17(18)13-7-10-14-8-3-2-4-9-14/h2-9,11-13H,10H2,1H3. The lowest BCUT2D eigenvalue weighted by Gasteiger charge is -2.06. The lowest BCUT2D eigenvalue weighted by molar-refractivity contribution is -0.129. The summed E-state index contributed by atoms with van der Waals surface area (Å²) in [7, 11) is 1.54. The van der Waals surface area contributed by atoms with Crippen LogP contribution in [0.1, 0.15) is 5.56 Å². The van der Waals surface area contributed by atoms with Crippen LogP contribution in [0.3, 0.4) is 0 Å². The van der Waals surface area contributed by atoms with Gasteiger partial charge in [-0.1, -0.05) is 48.5 Å². The molecule has 3 nitrogen and oxygen atoms in total. The first-order valence-corrected chi connectivity index (χ1v) is 6.35. The summed E-state index contributed by atoms with van der Waals surface area (Å²) in [6.07, 6.45) is 3.91. The molecule has 3 heteroatoms. The van der Waals surface area contributed by atoms with Crippen molar-refractivity contribution in [3.05, 3.63) is 72.3 Å². The first kappa shape index (κ1) is 13.9. The molecule has 0 N–H and O–H groups in total. The van der Waals surface area contributed by atoms with Gasteiger partial charge in [-0.05, 0) is 24.1 Å². The third-order valence-corrected chi connectivity index (χ3v) is 2.73. The maximum atomic E-state index is 11.7. The van der Waals surface area contributed by atoms with Crippen molar-refractivity contribution in [1.29, 1.82) is 0 Å². The van der Waals surface area contributed by atoms with E-state index in [1.165, 1.54) is 13.2 Å². The third-order valence-electron chi connectivity index (χ3n) is 2.73. The number of ether oxygens (including phenoxy) is 2. The number of benzene rings is 2. The van der Waals surface area contributed by atoms with Gasteiger partial charge < -0.3 is 9.47 Å². The lowest BCUT2D eigenvalue weighted by Crippen LogP contribution is -2.05. The normalized spacial score (nSPS) is 10.4. The van der Waals surface area contributed by atoms with Gasteiger partial charge in [0.2, 0.25) is 0 Å². The van der Waals surface area contributed by atoms with Crippen molar-refractivity contribution in [3.8, 4) is 11.5 Å². The van der Waals surface area contributed by atoms with Crippen molar-refractivity contribution < 1.29 is 14.3 Å². The SMILES string of the molecule is COc1ccccc1OC(=O)C=CCc1ccccc1. The monoisotopic (exact) mass is 268 g/mol. The molecule has 20 heavy (non-hydrogen) atoms. The number of allylic oxidation sites excluding steroid dienone is 1. The minimum atomic E-state index is -0.412. The van der Waals surface area contributed by atoms with Gasteiger partial charge in [0.1, 0.15) is 0 Å². The van der Waals surface area contributed by atoms with Gasteiger partial charge in [-0.3, -0.25) is 0 Å². The number of hydrogen-bond acceptors (Lipinski definition) is 3. The molecule has 2 aromatic rings. The molecule has 0 heterocycles. The van der Waals surface area contributed by atoms with Crippen LogP contribution in [-0.2, 0) is 11.2 Å². The van der Waals surface area contributed by atoms with E-state index in [2.05, 4.69) is 0 Å². The number of para-hydroxylation sites is 2. The minimum absolute atomic E-state index is 0.412. The van der Waals surface area contributed by atoms with Gasteiger partial charge in [0.25, 0.3) is 0 Å². The van der Waals surface area contributed by atoms with Crippen LogP contribution in [0.2, 0.25) is 0 Å². The molecule has 0 bridgehead atoms. The predicted octanol–water partition coefficient (Wildman–Crippen LogP) is 3.40. The number of hydrogen-bond donors (Lipinski definition) is 0. The van der Waals surface area contributed by atoms with E-state index in [1.54, 1.807) is 24.3 Å². The van der Waals surface area contributed by atoms with Crippen LogP contribution in [0.4, 0.5) is 0 Å². The Balaban J connectivity index is 1.92. The summed E-state index contributed by atoms with van der Waals surface area (Å²) in [5.41, 5.74) is 1.15. The first-order valence-electron chi connectivity index (χ1n) is 6.35. The Hall–Kier alpha value is -2.55. The van der Waals surface area contributed by atoms with Crippen LogP contribution >= 0.6 is 0 Å². The van der Waals surface area contributed by atoms with Crippen molar-refractivity contribution in [2.75, 3.05) is 7.11 Å². The zero-order chi connectivity index (χ0) is 14.2. The van der Waals surface area contributed by atoms with E-state index in [0.29, 0.717) is 17.9 Å². The molecule has 0 aliphatic heterocycles. The molecule has 102 valence electrons. The minimum Gasteiger partial charge on any atom is -0.493 e. The predicted molar refractivity (Wildman–Crippen MR) is 77.9 cm³/mol. The molecule has 0 aromatic heterocycles. The lowest BCUT2D eigenvalue weighted by atomic mass is 10.1. The number of methoxy groups -OCH3 is 1. The highest BCUT2D eigenvalue weighted by Crippen LogP contribution is 2.25. The number of esters is 1. The smallest absolute Gasteiger partial charge is 0.335 e. The molecule has 0 saturated carbocycles. The zero-order valence-electron chi connectivity index (χ0n) is 11.3. The summed E-state index contributed by atoms with van der Waals surface area (Å²) >= 11 is 0. The number of carbonyl (C=O) groups is 1. The topological polar surface area (TPSA) is 35.5 Å². The Labute approximate surface area is 118 Å². The van der Waals surface area contributed by atoms with Gasteiger partial charge in [0, 0.05) is 6.08 Å². The summed E-state index contributed by atoms with van der Waals surface area (Å²) < 4.78 is 10.3. The first-order chi connectivity index (χ1) is 9.79. The molecule has 0 fully saturated rings. The van der Waals surface area contributed by atoms with Crippen LogP contribution in [0, 0.1) is 0 Å². The Morgan fingerprint density at radius 2 is 1.65 bits per heavy atom. The summed E-state index contributed by atoms with van der Waals surface area (Å²) in [6, 6.07) is 17.0. The molecule has 0 unspecified atom stereocenters. The number of carbonyl (C=O) groups excluding carboxylic acids is 1. The maximum Gasteiger partial charge on any atom is 0.335 e. The van der Waals surface area contributed by atoms with Gasteiger partial charge >= 0.3 is 5.97 Å². The Morgan fingerprint density at radius 3 is 2.35 bits per heavy atom. The van der Waals surface area contributed by atoms with E-state index < -0.39 is 5.97 Å². The second kappa shape index (κ2) is 7.14. The molecule has 2 rings (SSSR count). The van der Waals surface area contributed by atoms with Gasteiger partial charge in [-0.15, -0.1) is 0 Å². The molecular formula is C17H16O3. The zero-order valence-corrected chi connectivity index (χ0v) is 11.3. The highest BCUT2D eigenvalue weighted by molar-refractivity contribution is 5.84. The fourth-order valence-electron chi connectivity index (χ4n) is 1.75. The van der Waals surface area contributed by atoms with E-state index in [4.69, 9.17) is 9.47 Å². The van der Waals surface area contributed by atoms with Crippen LogP contribution in [-0.4, -0.2) is 13.1 Å². The summed E-state index contributed by atoms with van der Waals surface area (Å²) in [5.74, 6) is 0.548. The highest BCUT2D eigenvalue weighted by atomic mass is 16.6. The molecule has 0 amide bonds. The second-order valence-electron chi connectivity index (χ2n) is 4.16. The molecule has 0 spiro atoms. The fraction of sp³-hybridized carbons (Fsp3) is 0.118. The van der Waals surface area contributed by atoms with Gasteiger partial charge in [-0.2, -0.15) is 0 Å². The van der Waals surface area contributed by atoms with Crippen molar-refractivity contribution in [3.63, 3.8) is 0 Å². The van der Waals surface area contributed by atoms with Gasteiger partial charge in [-0.25, -0.2) is 4.79 Å². The van der Waals surface area contributed by atoms with Gasteiger partial charge in [0.05, 0.1) is 7.11 Å². The van der Waals surface area contributed by atoms with E-state index in [0.717, 1.165) is 5.56 Å². The molecule has 0 atom stereocenters. The maximum absolute atomic E-state index is 11.7. The average molecular weight is 268 g/mol. The van der Waals surface area contributed by atoms with Crippen LogP contribution in [0.15, 0.2) is 66.7 Å². The van der Waals surface area contributed by atoms with Crippen molar-refractivity contribution in [1.82, 2.24) is 0 Å². The van der Waals surface area contributed by atoms with E-state index in [-0.39, 0.29) is 0 Å². The summed E-state index contributed by atoms with van der Waals surface area (Å²) in [4.78, 5) is 11.7. The molecule has 2 aromatic carbocycles. The molecule has 0 radical (unpaired) electrons. The third kappa shape index (κ3) is 3.99. The highest BCUT2D eigenvalue weighted by Gasteiger charge is 2.06. The molecule has 0 aliphatic rings. The molecular weight excluding hydrogens is 252 g/mol. The van der Waals surface area contributed by atoms with Crippen molar-refractivity contribution in [2.45, 2.75) is 6.42 Å². The van der Waals surface area contributed by atoms with E-state index in [1.807, 2.05) is 36.4 Å². The number of rotatable bonds is 5. The Bertz CT molecular complexity index is 588. The summed E-state index contributed by atoms with van der Waals surface area (Å²) in [6.45, 7) is 0. The second-order valence-corrected chi connectivity index (χ2v) is 4.16.